The van der Waals surface area contributed by atoms with Gasteiger partial charge in [-0.25, -0.2) is 4.79 Å². The Kier molecular flexibility index (Phi) is 28.2. The smallest absolute Gasteiger partial charge is 0.333 e. The first-order valence-electron chi connectivity index (χ1n) is 16.1. The van der Waals surface area contributed by atoms with Crippen molar-refractivity contribution in [3.8, 4) is 0 Å². The predicted molar refractivity (Wildman–Crippen MR) is 158 cm³/mol. The number of carbonyl (C=O) groups excluding carboxylic acids is 2. The average molecular weight is 523 g/mol. The molecule has 4 nitrogen and oxygen atoms in total. The van der Waals surface area contributed by atoms with Crippen LogP contribution in [0.3, 0.4) is 0 Å². The lowest BCUT2D eigenvalue weighted by Crippen LogP contribution is -2.14. The number of unbranched alkanes of at least 4 members (excludes halogenated alkanes) is 22. The van der Waals surface area contributed by atoms with Crippen LogP contribution >= 0.6 is 0 Å². The molecule has 218 valence electrons. The summed E-state index contributed by atoms with van der Waals surface area (Å²) in [5, 5.41) is 0. The maximum absolute atomic E-state index is 12.0. The summed E-state index contributed by atoms with van der Waals surface area (Å²) in [7, 11) is 0. The first kappa shape index (κ1) is 35.7. The van der Waals surface area contributed by atoms with Gasteiger partial charge in [-0.05, 0) is 12.8 Å². The molecular formula is C33H62O4. The number of rotatable bonds is 29. The number of carbonyl (C=O) groups is 2. The molecule has 0 aromatic rings. The number of esters is 2. The third-order valence-corrected chi connectivity index (χ3v) is 7.14. The van der Waals surface area contributed by atoms with E-state index in [0.29, 0.717) is 13.2 Å². The van der Waals surface area contributed by atoms with Gasteiger partial charge in [0.25, 0.3) is 0 Å². The standard InChI is InChI=1S/C33H62O4/c1-4-6-8-10-12-14-16-18-20-22-24-26-28-36-32(34)30-31(3)33(35)37-29-27-25-23-21-19-17-15-13-11-9-7-5-2/h3-30H2,1-2H3. The molecule has 0 atom stereocenters. The van der Waals surface area contributed by atoms with Gasteiger partial charge in [0.15, 0.2) is 0 Å². The minimum absolute atomic E-state index is 0.0739. The molecule has 0 N–H and O–H groups in total. The number of hydrogen-bond donors (Lipinski definition) is 0. The lowest BCUT2D eigenvalue weighted by molar-refractivity contribution is -0.146. The highest BCUT2D eigenvalue weighted by Gasteiger charge is 2.14. The van der Waals surface area contributed by atoms with Gasteiger partial charge in [-0.2, -0.15) is 0 Å². The number of ether oxygens (including phenoxy) is 2. The monoisotopic (exact) mass is 522 g/mol. The van der Waals surface area contributed by atoms with Gasteiger partial charge in [-0.1, -0.05) is 162 Å². The molecule has 4 heteroatoms. The van der Waals surface area contributed by atoms with Crippen LogP contribution in [0.4, 0.5) is 0 Å². The zero-order chi connectivity index (χ0) is 27.2. The van der Waals surface area contributed by atoms with Crippen LogP contribution in [-0.2, 0) is 19.1 Å². The van der Waals surface area contributed by atoms with Crippen LogP contribution in [0.15, 0.2) is 12.2 Å². The van der Waals surface area contributed by atoms with Gasteiger partial charge in [0.05, 0.1) is 19.6 Å². The molecule has 0 unspecified atom stereocenters. The minimum Gasteiger partial charge on any atom is -0.465 e. The Morgan fingerprint density at radius 1 is 0.459 bits per heavy atom. The molecule has 0 heterocycles. The average Bonchev–Trinajstić information content (AvgIpc) is 2.89. The molecule has 0 saturated heterocycles. The minimum atomic E-state index is -0.467. The highest BCUT2D eigenvalue weighted by molar-refractivity contribution is 5.93. The summed E-state index contributed by atoms with van der Waals surface area (Å²) in [6.45, 7) is 9.07. The first-order chi connectivity index (χ1) is 18.1. The van der Waals surface area contributed by atoms with Crippen molar-refractivity contribution >= 4 is 11.9 Å². The third kappa shape index (κ3) is 27.5. The van der Waals surface area contributed by atoms with Crippen LogP contribution in [-0.4, -0.2) is 25.2 Å². The van der Waals surface area contributed by atoms with E-state index in [1.54, 1.807) is 0 Å². The van der Waals surface area contributed by atoms with Gasteiger partial charge < -0.3 is 9.47 Å². The van der Waals surface area contributed by atoms with Crippen molar-refractivity contribution in [3.63, 3.8) is 0 Å². The van der Waals surface area contributed by atoms with E-state index in [9.17, 15) is 9.59 Å². The van der Waals surface area contributed by atoms with Gasteiger partial charge in [-0.15, -0.1) is 0 Å². The number of hydrogen-bond acceptors (Lipinski definition) is 4. The molecule has 0 aromatic heterocycles. The second-order valence-corrected chi connectivity index (χ2v) is 10.9. The second kappa shape index (κ2) is 29.2. The molecule has 0 amide bonds. The molecule has 37 heavy (non-hydrogen) atoms. The van der Waals surface area contributed by atoms with Crippen molar-refractivity contribution in [3.05, 3.63) is 12.2 Å². The van der Waals surface area contributed by atoms with Gasteiger partial charge in [0.2, 0.25) is 0 Å². The lowest BCUT2D eigenvalue weighted by atomic mass is 10.1. The fourth-order valence-corrected chi connectivity index (χ4v) is 4.64. The van der Waals surface area contributed by atoms with Gasteiger partial charge >= 0.3 is 11.9 Å². The Bertz CT molecular complexity index is 528. The summed E-state index contributed by atoms with van der Waals surface area (Å²) in [5.41, 5.74) is 0.193. The van der Waals surface area contributed by atoms with Crippen LogP contribution < -0.4 is 0 Å². The third-order valence-electron chi connectivity index (χ3n) is 7.14. The van der Waals surface area contributed by atoms with E-state index in [1.807, 2.05) is 0 Å². The Balaban J connectivity index is 3.43. The zero-order valence-corrected chi connectivity index (χ0v) is 24.9. The molecule has 0 bridgehead atoms. The van der Waals surface area contributed by atoms with Crippen LogP contribution in [0, 0.1) is 0 Å². The van der Waals surface area contributed by atoms with Crippen LogP contribution in [0.2, 0.25) is 0 Å². The SMILES string of the molecule is C=C(CC(=O)OCCCCCCCCCCCCCC)C(=O)OCCCCCCCCCCCCCC. The summed E-state index contributed by atoms with van der Waals surface area (Å²) in [4.78, 5) is 24.0. The van der Waals surface area contributed by atoms with Crippen molar-refractivity contribution in [2.75, 3.05) is 13.2 Å². The van der Waals surface area contributed by atoms with E-state index in [0.717, 1.165) is 25.7 Å². The van der Waals surface area contributed by atoms with Crippen molar-refractivity contribution in [2.45, 2.75) is 174 Å². The Labute approximate surface area is 230 Å². The lowest BCUT2D eigenvalue weighted by Gasteiger charge is -2.08. The summed E-state index contributed by atoms with van der Waals surface area (Å²) >= 11 is 0. The van der Waals surface area contributed by atoms with E-state index in [4.69, 9.17) is 9.47 Å². The largest absolute Gasteiger partial charge is 0.465 e. The van der Waals surface area contributed by atoms with E-state index in [2.05, 4.69) is 20.4 Å². The molecule has 0 radical (unpaired) electrons. The van der Waals surface area contributed by atoms with Gasteiger partial charge in [-0.3, -0.25) is 4.79 Å². The maximum atomic E-state index is 12.0. The Morgan fingerprint density at radius 2 is 0.757 bits per heavy atom. The first-order valence-corrected chi connectivity index (χ1v) is 16.1. The van der Waals surface area contributed by atoms with Crippen molar-refractivity contribution in [2.24, 2.45) is 0 Å². The van der Waals surface area contributed by atoms with Crippen LogP contribution in [0.5, 0.6) is 0 Å². The van der Waals surface area contributed by atoms with Crippen molar-refractivity contribution < 1.29 is 19.1 Å². The molecule has 0 spiro atoms. The summed E-state index contributed by atoms with van der Waals surface area (Å²) in [6.07, 6.45) is 30.5. The van der Waals surface area contributed by atoms with Gasteiger partial charge in [0, 0.05) is 5.57 Å². The molecular weight excluding hydrogens is 460 g/mol. The summed E-state index contributed by atoms with van der Waals surface area (Å²) < 4.78 is 10.5. The molecule has 0 aromatic carbocycles. The van der Waals surface area contributed by atoms with E-state index < -0.39 is 5.97 Å². The summed E-state index contributed by atoms with van der Waals surface area (Å²) in [5.74, 6) is -0.847. The highest BCUT2D eigenvalue weighted by Crippen LogP contribution is 2.13. The fourth-order valence-electron chi connectivity index (χ4n) is 4.64. The van der Waals surface area contributed by atoms with E-state index >= 15 is 0 Å². The molecule has 0 aliphatic carbocycles. The van der Waals surface area contributed by atoms with E-state index in [-0.39, 0.29) is 18.0 Å². The molecule has 0 fully saturated rings. The van der Waals surface area contributed by atoms with E-state index in [1.165, 1.54) is 128 Å². The summed E-state index contributed by atoms with van der Waals surface area (Å²) in [6, 6.07) is 0. The normalized spacial score (nSPS) is 11.0. The molecule has 0 saturated carbocycles. The predicted octanol–water partition coefficient (Wildman–Crippen LogP) is 10.4. The molecule has 0 aliphatic rings. The highest BCUT2D eigenvalue weighted by atomic mass is 16.5. The molecule has 0 aliphatic heterocycles. The topological polar surface area (TPSA) is 52.6 Å². The molecule has 0 rings (SSSR count). The zero-order valence-electron chi connectivity index (χ0n) is 24.9. The maximum Gasteiger partial charge on any atom is 0.333 e. The van der Waals surface area contributed by atoms with Crippen LogP contribution in [0.25, 0.3) is 0 Å². The van der Waals surface area contributed by atoms with Crippen LogP contribution in [0.1, 0.15) is 174 Å². The fraction of sp³-hybridized carbons (Fsp3) is 0.879. The Hall–Kier alpha value is -1.32. The van der Waals surface area contributed by atoms with Crippen molar-refractivity contribution in [1.82, 2.24) is 0 Å². The van der Waals surface area contributed by atoms with Gasteiger partial charge in [0.1, 0.15) is 0 Å². The quantitative estimate of drug-likeness (QED) is 0.0557. The second-order valence-electron chi connectivity index (χ2n) is 10.9. The van der Waals surface area contributed by atoms with Crippen molar-refractivity contribution in [1.29, 1.82) is 0 Å². The Morgan fingerprint density at radius 3 is 1.11 bits per heavy atom.